The second-order valence-corrected chi connectivity index (χ2v) is 6.97. The van der Waals surface area contributed by atoms with Gasteiger partial charge in [0.05, 0.1) is 12.2 Å². The number of hydrogen-bond acceptors (Lipinski definition) is 3. The highest BCUT2D eigenvalue weighted by molar-refractivity contribution is 6.31. The van der Waals surface area contributed by atoms with Gasteiger partial charge in [-0.15, -0.1) is 0 Å². The highest BCUT2D eigenvalue weighted by Crippen LogP contribution is 2.30. The molecule has 5 heteroatoms. The molecular weight excluding hydrogens is 312 g/mol. The van der Waals surface area contributed by atoms with Gasteiger partial charge in [0.25, 0.3) is 5.91 Å². The maximum atomic E-state index is 13.0. The van der Waals surface area contributed by atoms with Crippen LogP contribution >= 0.6 is 11.6 Å². The fourth-order valence-electron chi connectivity index (χ4n) is 3.60. The van der Waals surface area contributed by atoms with Crippen LogP contribution in [0.25, 0.3) is 0 Å². The van der Waals surface area contributed by atoms with Crippen LogP contribution in [0.4, 0.5) is 0 Å². The molecule has 2 saturated heterocycles. The molecule has 0 bridgehead atoms. The van der Waals surface area contributed by atoms with E-state index in [0.29, 0.717) is 34.8 Å². The Bertz CT molecular complexity index is 550. The van der Waals surface area contributed by atoms with Crippen LogP contribution in [0.1, 0.15) is 36.5 Å². The molecule has 2 fully saturated rings. The molecule has 0 aromatic heterocycles. The van der Waals surface area contributed by atoms with E-state index in [1.54, 1.807) is 12.1 Å². The first-order valence-electron chi connectivity index (χ1n) is 8.61. The summed E-state index contributed by atoms with van der Waals surface area (Å²) in [7, 11) is 0. The van der Waals surface area contributed by atoms with Crippen LogP contribution in [0.15, 0.2) is 18.2 Å². The van der Waals surface area contributed by atoms with Crippen LogP contribution < -0.4 is 10.1 Å². The number of rotatable bonds is 4. The molecule has 0 saturated carbocycles. The molecule has 1 N–H and O–H groups in total. The Labute approximate surface area is 143 Å². The summed E-state index contributed by atoms with van der Waals surface area (Å²) >= 11 is 6.11. The van der Waals surface area contributed by atoms with Crippen molar-refractivity contribution >= 4 is 17.5 Å². The minimum Gasteiger partial charge on any atom is -0.493 e. The second kappa shape index (κ2) is 7.54. The van der Waals surface area contributed by atoms with E-state index in [2.05, 4.69) is 12.2 Å². The lowest BCUT2D eigenvalue weighted by Crippen LogP contribution is -2.33. The Morgan fingerprint density at radius 3 is 2.65 bits per heavy atom. The lowest BCUT2D eigenvalue weighted by Gasteiger charge is -2.22. The summed E-state index contributed by atoms with van der Waals surface area (Å²) in [5.74, 6) is 2.12. The molecule has 2 heterocycles. The van der Waals surface area contributed by atoms with E-state index >= 15 is 0 Å². The van der Waals surface area contributed by atoms with E-state index < -0.39 is 0 Å². The molecule has 23 heavy (non-hydrogen) atoms. The topological polar surface area (TPSA) is 41.6 Å². The van der Waals surface area contributed by atoms with Gasteiger partial charge in [0, 0.05) is 18.1 Å². The maximum absolute atomic E-state index is 13.0. The van der Waals surface area contributed by atoms with Crippen molar-refractivity contribution < 1.29 is 9.53 Å². The zero-order valence-corrected chi connectivity index (χ0v) is 14.4. The third kappa shape index (κ3) is 3.81. The normalized spacial score (nSPS) is 24.2. The number of carbonyl (C=O) groups is 1. The monoisotopic (exact) mass is 336 g/mol. The Kier molecular flexibility index (Phi) is 5.44. The molecule has 0 aliphatic carbocycles. The van der Waals surface area contributed by atoms with Gasteiger partial charge in [-0.2, -0.15) is 0 Å². The number of hydrogen-bond donors (Lipinski definition) is 1. The van der Waals surface area contributed by atoms with Gasteiger partial charge in [0.15, 0.2) is 0 Å². The van der Waals surface area contributed by atoms with Crippen molar-refractivity contribution in [3.8, 4) is 5.75 Å². The fraction of sp³-hybridized carbons (Fsp3) is 0.611. The van der Waals surface area contributed by atoms with Gasteiger partial charge in [-0.1, -0.05) is 18.5 Å². The van der Waals surface area contributed by atoms with Gasteiger partial charge < -0.3 is 15.0 Å². The molecule has 1 aromatic carbocycles. The van der Waals surface area contributed by atoms with Crippen molar-refractivity contribution in [1.82, 2.24) is 10.2 Å². The number of amides is 1. The standard InChI is InChI=1S/C18H25ClN2O2/c1-2-9-23-17-4-3-15(19)10-16(17)18(22)21-7-5-13-11-20-12-14(13)6-8-21/h3-4,10,13-14,20H,2,5-9,11-12H2,1H3/t13-,14+. The van der Waals surface area contributed by atoms with Gasteiger partial charge >= 0.3 is 0 Å². The van der Waals surface area contributed by atoms with Crippen molar-refractivity contribution in [3.63, 3.8) is 0 Å². The third-order valence-electron chi connectivity index (χ3n) is 4.94. The third-order valence-corrected chi connectivity index (χ3v) is 5.18. The predicted molar refractivity (Wildman–Crippen MR) is 92.2 cm³/mol. The number of nitrogens with one attached hydrogen (secondary N) is 1. The molecule has 4 nitrogen and oxygen atoms in total. The van der Waals surface area contributed by atoms with E-state index in [1.807, 2.05) is 11.0 Å². The molecule has 1 amide bonds. The van der Waals surface area contributed by atoms with Crippen LogP contribution in [-0.4, -0.2) is 43.6 Å². The van der Waals surface area contributed by atoms with Crippen molar-refractivity contribution in [1.29, 1.82) is 0 Å². The highest BCUT2D eigenvalue weighted by Gasteiger charge is 2.32. The van der Waals surface area contributed by atoms with E-state index in [1.165, 1.54) is 0 Å². The largest absolute Gasteiger partial charge is 0.493 e. The van der Waals surface area contributed by atoms with Gasteiger partial charge in [-0.05, 0) is 62.4 Å². The lowest BCUT2D eigenvalue weighted by molar-refractivity contribution is 0.0754. The Morgan fingerprint density at radius 2 is 2.00 bits per heavy atom. The number of carbonyl (C=O) groups excluding carboxylic acids is 1. The summed E-state index contributed by atoms with van der Waals surface area (Å²) in [6.45, 7) is 6.49. The number of benzene rings is 1. The van der Waals surface area contributed by atoms with Gasteiger partial charge in [0.2, 0.25) is 0 Å². The van der Waals surface area contributed by atoms with E-state index in [-0.39, 0.29) is 5.91 Å². The van der Waals surface area contributed by atoms with Crippen molar-refractivity contribution in [2.24, 2.45) is 11.8 Å². The SMILES string of the molecule is CCCOc1ccc(Cl)cc1C(=O)N1CC[C@@H]2CNC[C@@H]2CC1. The molecule has 2 aliphatic rings. The number of nitrogens with zero attached hydrogens (tertiary/aromatic N) is 1. The second-order valence-electron chi connectivity index (χ2n) is 6.54. The zero-order chi connectivity index (χ0) is 16.2. The quantitative estimate of drug-likeness (QED) is 0.918. The average molecular weight is 337 g/mol. The molecule has 0 unspecified atom stereocenters. The van der Waals surface area contributed by atoms with Gasteiger partial charge in [0.1, 0.15) is 5.75 Å². The minimum absolute atomic E-state index is 0.0477. The molecule has 126 valence electrons. The van der Waals surface area contributed by atoms with Crippen LogP contribution in [-0.2, 0) is 0 Å². The van der Waals surface area contributed by atoms with Crippen LogP contribution in [0.5, 0.6) is 5.75 Å². The first-order valence-corrected chi connectivity index (χ1v) is 8.99. The summed E-state index contributed by atoms with van der Waals surface area (Å²) in [6, 6.07) is 5.33. The number of ether oxygens (including phenoxy) is 1. The summed E-state index contributed by atoms with van der Waals surface area (Å²) < 4.78 is 5.74. The smallest absolute Gasteiger partial charge is 0.257 e. The number of likely N-dealkylation sites (tertiary alicyclic amines) is 1. The molecule has 2 atom stereocenters. The molecular formula is C18H25ClN2O2. The fourth-order valence-corrected chi connectivity index (χ4v) is 3.77. The predicted octanol–water partition coefficient (Wildman–Crippen LogP) is 3.20. The summed E-state index contributed by atoms with van der Waals surface area (Å²) in [6.07, 6.45) is 3.07. The van der Waals surface area contributed by atoms with Crippen molar-refractivity contribution in [3.05, 3.63) is 28.8 Å². The first kappa shape index (κ1) is 16.6. The number of halogens is 1. The molecule has 1 aromatic rings. The van der Waals surface area contributed by atoms with Crippen LogP contribution in [0.3, 0.4) is 0 Å². The van der Waals surface area contributed by atoms with Gasteiger partial charge in [-0.3, -0.25) is 4.79 Å². The van der Waals surface area contributed by atoms with Crippen molar-refractivity contribution in [2.45, 2.75) is 26.2 Å². The van der Waals surface area contributed by atoms with Crippen molar-refractivity contribution in [2.75, 3.05) is 32.8 Å². The molecule has 0 spiro atoms. The Balaban J connectivity index is 1.75. The van der Waals surface area contributed by atoms with E-state index in [4.69, 9.17) is 16.3 Å². The van der Waals surface area contributed by atoms with E-state index in [0.717, 1.165) is 45.4 Å². The summed E-state index contributed by atoms with van der Waals surface area (Å²) in [5.41, 5.74) is 0.594. The first-order chi connectivity index (χ1) is 11.2. The number of fused-ring (bicyclic) bond motifs is 1. The van der Waals surface area contributed by atoms with Crippen LogP contribution in [0, 0.1) is 11.8 Å². The maximum Gasteiger partial charge on any atom is 0.257 e. The van der Waals surface area contributed by atoms with Crippen LogP contribution in [0.2, 0.25) is 5.02 Å². The highest BCUT2D eigenvalue weighted by atomic mass is 35.5. The minimum atomic E-state index is 0.0477. The lowest BCUT2D eigenvalue weighted by atomic mass is 9.92. The van der Waals surface area contributed by atoms with E-state index in [9.17, 15) is 4.79 Å². The van der Waals surface area contributed by atoms with Gasteiger partial charge in [-0.25, -0.2) is 0 Å². The summed E-state index contributed by atoms with van der Waals surface area (Å²) in [4.78, 5) is 15.0. The zero-order valence-electron chi connectivity index (χ0n) is 13.7. The average Bonchev–Trinajstić information content (AvgIpc) is 2.91. The molecule has 0 radical (unpaired) electrons. The Morgan fingerprint density at radius 1 is 1.30 bits per heavy atom. The molecule has 3 rings (SSSR count). The Hall–Kier alpha value is -1.26. The summed E-state index contributed by atoms with van der Waals surface area (Å²) in [5, 5.41) is 4.04. The molecule has 2 aliphatic heterocycles.